The van der Waals surface area contributed by atoms with Crippen molar-refractivity contribution in [3.05, 3.63) is 40.6 Å². The number of rotatable bonds is 1. The molecular formula is C12H14N2O. The highest BCUT2D eigenvalue weighted by Gasteiger charge is 2.18. The van der Waals surface area contributed by atoms with Crippen LogP contribution in [-0.2, 0) is 0 Å². The van der Waals surface area contributed by atoms with Crippen LogP contribution in [0.15, 0.2) is 24.3 Å². The van der Waals surface area contributed by atoms with Gasteiger partial charge in [0.2, 0.25) is 0 Å². The molecule has 15 heavy (non-hydrogen) atoms. The summed E-state index contributed by atoms with van der Waals surface area (Å²) in [6.07, 6.45) is 1.46. The lowest BCUT2D eigenvalue weighted by Crippen LogP contribution is -2.29. The van der Waals surface area contributed by atoms with Crippen molar-refractivity contribution in [3.63, 3.8) is 0 Å². The van der Waals surface area contributed by atoms with Gasteiger partial charge in [0, 0.05) is 20.8 Å². The van der Waals surface area contributed by atoms with Crippen LogP contribution in [0.5, 0.6) is 0 Å². The van der Waals surface area contributed by atoms with E-state index in [2.05, 4.69) is 6.07 Å². The molecule has 0 N–H and O–H groups in total. The number of hydroxylamine groups is 1. The monoisotopic (exact) mass is 202 g/mol. The molecule has 1 rings (SSSR count). The first-order valence-electron chi connectivity index (χ1n) is 4.75. The topological polar surface area (TPSA) is 49.9 Å². The molecule has 0 amide bonds. The highest BCUT2D eigenvalue weighted by Crippen LogP contribution is 2.08. The van der Waals surface area contributed by atoms with E-state index in [0.717, 1.165) is 4.74 Å². The highest BCUT2D eigenvalue weighted by atomic mass is 16.5. The minimum absolute atomic E-state index is 0.484. The second kappa shape index (κ2) is 4.14. The Balaban J connectivity index is 3.15. The summed E-state index contributed by atoms with van der Waals surface area (Å²) in [5.74, 6) is 0. The van der Waals surface area contributed by atoms with Crippen molar-refractivity contribution in [2.75, 3.05) is 0 Å². The van der Waals surface area contributed by atoms with Crippen LogP contribution in [0.4, 0.5) is 0 Å². The minimum Gasteiger partial charge on any atom is -0.623 e. The van der Waals surface area contributed by atoms with Crippen molar-refractivity contribution in [2.24, 2.45) is 0 Å². The molecule has 0 aliphatic carbocycles. The maximum atomic E-state index is 11.7. The molecule has 1 aromatic carbocycles. The second-order valence-corrected chi connectivity index (χ2v) is 4.32. The Labute approximate surface area is 89.9 Å². The molecule has 0 saturated heterocycles. The molecule has 0 fully saturated rings. The Morgan fingerprint density at radius 1 is 1.33 bits per heavy atom. The summed E-state index contributed by atoms with van der Waals surface area (Å²) >= 11 is 0. The summed E-state index contributed by atoms with van der Waals surface area (Å²) in [4.78, 5) is 0. The molecule has 0 aliphatic heterocycles. The number of nitrogens with zero attached hydrogens (tertiary/aromatic N) is 2. The van der Waals surface area contributed by atoms with E-state index >= 15 is 0 Å². The van der Waals surface area contributed by atoms with Gasteiger partial charge in [-0.3, -0.25) is 0 Å². The normalized spacial score (nSPS) is 12.3. The van der Waals surface area contributed by atoms with Crippen LogP contribution in [0.2, 0.25) is 0 Å². The Hall–Kier alpha value is -1.82. The van der Waals surface area contributed by atoms with Crippen LogP contribution in [0, 0.1) is 16.5 Å². The van der Waals surface area contributed by atoms with E-state index in [1.165, 1.54) is 6.21 Å². The van der Waals surface area contributed by atoms with Gasteiger partial charge in [-0.1, -0.05) is 12.1 Å². The molecule has 3 nitrogen and oxygen atoms in total. The first-order valence-corrected chi connectivity index (χ1v) is 4.75. The van der Waals surface area contributed by atoms with E-state index in [-0.39, 0.29) is 0 Å². The van der Waals surface area contributed by atoms with Gasteiger partial charge in [0.25, 0.3) is 0 Å². The third-order valence-electron chi connectivity index (χ3n) is 2.00. The maximum Gasteiger partial charge on any atom is 0.183 e. The summed E-state index contributed by atoms with van der Waals surface area (Å²) in [7, 11) is 0. The van der Waals surface area contributed by atoms with E-state index in [1.807, 2.05) is 26.8 Å². The number of nitriles is 1. The summed E-state index contributed by atoms with van der Waals surface area (Å²) in [5.41, 5.74) is 0.690. The van der Waals surface area contributed by atoms with Gasteiger partial charge < -0.3 is 5.21 Å². The average molecular weight is 202 g/mol. The summed E-state index contributed by atoms with van der Waals surface area (Å²) in [5, 5.41) is 20.5. The van der Waals surface area contributed by atoms with Crippen LogP contribution in [0.1, 0.15) is 31.9 Å². The lowest BCUT2D eigenvalue weighted by molar-refractivity contribution is -0.530. The van der Waals surface area contributed by atoms with Gasteiger partial charge in [0.1, 0.15) is 0 Å². The highest BCUT2D eigenvalue weighted by molar-refractivity contribution is 5.79. The SMILES string of the molecule is CC(C)(C)[N+]([O-])=Cc1ccccc1C#N. The van der Waals surface area contributed by atoms with Gasteiger partial charge >= 0.3 is 0 Å². The fourth-order valence-electron chi connectivity index (χ4n) is 1.03. The summed E-state index contributed by atoms with van der Waals surface area (Å²) in [6.45, 7) is 5.47. The molecule has 0 atom stereocenters. The molecular weight excluding hydrogens is 188 g/mol. The molecule has 0 bridgehead atoms. The molecule has 0 radical (unpaired) electrons. The first kappa shape index (κ1) is 11.3. The fourth-order valence-corrected chi connectivity index (χ4v) is 1.03. The van der Waals surface area contributed by atoms with Gasteiger partial charge in [-0.05, 0) is 12.1 Å². The second-order valence-electron chi connectivity index (χ2n) is 4.32. The molecule has 1 aromatic rings. The lowest BCUT2D eigenvalue weighted by Gasteiger charge is -2.18. The molecule has 0 aromatic heterocycles. The van der Waals surface area contributed by atoms with Crippen LogP contribution >= 0.6 is 0 Å². The zero-order chi connectivity index (χ0) is 11.5. The molecule has 0 aliphatic rings. The molecule has 0 unspecified atom stereocenters. The van der Waals surface area contributed by atoms with Crippen molar-refractivity contribution in [2.45, 2.75) is 26.3 Å². The van der Waals surface area contributed by atoms with Crippen molar-refractivity contribution in [1.29, 1.82) is 5.26 Å². The molecule has 78 valence electrons. The predicted octanol–water partition coefficient (Wildman–Crippen LogP) is 2.29. The number of hydrogen-bond acceptors (Lipinski definition) is 2. The fraction of sp³-hybridized carbons (Fsp3) is 0.333. The third-order valence-corrected chi connectivity index (χ3v) is 2.00. The third kappa shape index (κ3) is 2.81. The van der Waals surface area contributed by atoms with E-state index in [1.54, 1.807) is 18.2 Å². The van der Waals surface area contributed by atoms with Crippen LogP contribution in [0.25, 0.3) is 0 Å². The van der Waals surface area contributed by atoms with Crippen molar-refractivity contribution in [3.8, 4) is 6.07 Å². The number of hydrogen-bond donors (Lipinski definition) is 0. The standard InChI is InChI=1S/C12H14N2O/c1-12(2,3)14(15)9-11-7-5-4-6-10(11)8-13/h4-7,9H,1-3H3. The van der Waals surface area contributed by atoms with E-state index < -0.39 is 5.54 Å². The molecule has 0 saturated carbocycles. The van der Waals surface area contributed by atoms with Gasteiger partial charge in [0.05, 0.1) is 17.2 Å². The minimum atomic E-state index is -0.484. The maximum absolute atomic E-state index is 11.7. The zero-order valence-corrected chi connectivity index (χ0v) is 9.19. The van der Waals surface area contributed by atoms with Gasteiger partial charge in [-0.2, -0.15) is 5.26 Å². The largest absolute Gasteiger partial charge is 0.623 e. The van der Waals surface area contributed by atoms with E-state index in [9.17, 15) is 5.21 Å². The van der Waals surface area contributed by atoms with Gasteiger partial charge in [-0.15, -0.1) is 0 Å². The van der Waals surface area contributed by atoms with Gasteiger partial charge in [-0.25, -0.2) is 4.74 Å². The summed E-state index contributed by atoms with van der Waals surface area (Å²) < 4.78 is 0.864. The van der Waals surface area contributed by atoms with Crippen molar-refractivity contribution in [1.82, 2.24) is 0 Å². The van der Waals surface area contributed by atoms with Crippen molar-refractivity contribution >= 4 is 6.21 Å². The zero-order valence-electron chi connectivity index (χ0n) is 9.19. The van der Waals surface area contributed by atoms with Crippen LogP contribution in [0.3, 0.4) is 0 Å². The molecule has 0 heterocycles. The van der Waals surface area contributed by atoms with Gasteiger partial charge in [0.15, 0.2) is 11.8 Å². The molecule has 0 spiro atoms. The Morgan fingerprint density at radius 3 is 2.47 bits per heavy atom. The smallest absolute Gasteiger partial charge is 0.183 e. The number of benzene rings is 1. The summed E-state index contributed by atoms with van der Waals surface area (Å²) in [6, 6.07) is 9.10. The lowest BCUT2D eigenvalue weighted by atomic mass is 10.1. The Kier molecular flexibility index (Phi) is 3.11. The Bertz CT molecular complexity index is 422. The van der Waals surface area contributed by atoms with Crippen LogP contribution < -0.4 is 0 Å². The average Bonchev–Trinajstić information content (AvgIpc) is 2.17. The quantitative estimate of drug-likeness (QED) is 0.303. The predicted molar refractivity (Wildman–Crippen MR) is 59.7 cm³/mol. The van der Waals surface area contributed by atoms with E-state index in [4.69, 9.17) is 5.26 Å². The molecule has 3 heteroatoms. The first-order chi connectivity index (χ1) is 6.95. The Morgan fingerprint density at radius 2 is 1.93 bits per heavy atom. The van der Waals surface area contributed by atoms with Crippen molar-refractivity contribution < 1.29 is 4.74 Å². The van der Waals surface area contributed by atoms with Crippen LogP contribution in [-0.4, -0.2) is 16.5 Å². The van der Waals surface area contributed by atoms with E-state index in [0.29, 0.717) is 11.1 Å².